The number of aromatic nitrogens is 2. The van der Waals surface area contributed by atoms with E-state index in [2.05, 4.69) is 37.3 Å². The lowest BCUT2D eigenvalue weighted by Crippen LogP contribution is -2.35. The highest BCUT2D eigenvalue weighted by Gasteiger charge is 2.10. The van der Waals surface area contributed by atoms with Gasteiger partial charge in [0, 0.05) is 36.5 Å². The average molecular weight is 273 g/mol. The molecule has 1 heterocycles. The summed E-state index contributed by atoms with van der Waals surface area (Å²) in [6.45, 7) is 7.82. The Bertz CT molecular complexity index is 555. The van der Waals surface area contributed by atoms with Crippen molar-refractivity contribution in [3.8, 4) is 5.75 Å². The molecule has 0 amide bonds. The van der Waals surface area contributed by atoms with E-state index in [1.807, 2.05) is 37.6 Å². The maximum Gasteiger partial charge on any atom is 0.124 e. The smallest absolute Gasteiger partial charge is 0.124 e. The molecule has 0 spiro atoms. The van der Waals surface area contributed by atoms with Gasteiger partial charge in [-0.1, -0.05) is 18.2 Å². The fourth-order valence-corrected chi connectivity index (χ4v) is 1.86. The van der Waals surface area contributed by atoms with Gasteiger partial charge in [0.05, 0.1) is 6.20 Å². The molecule has 0 bridgehead atoms. The van der Waals surface area contributed by atoms with Gasteiger partial charge in [-0.15, -0.1) is 0 Å². The van der Waals surface area contributed by atoms with Crippen LogP contribution in [0.4, 0.5) is 0 Å². The first kappa shape index (κ1) is 14.6. The third-order valence-electron chi connectivity index (χ3n) is 2.93. The number of benzene rings is 1. The molecule has 2 aromatic rings. The fraction of sp³-hybridized carbons (Fsp3) is 0.438. The van der Waals surface area contributed by atoms with Gasteiger partial charge < -0.3 is 10.1 Å². The SMILES string of the molecule is Cn1cc(COc2ccccc2CNC(C)(C)C)cn1. The van der Waals surface area contributed by atoms with Gasteiger partial charge >= 0.3 is 0 Å². The molecule has 0 saturated heterocycles. The molecule has 4 heteroatoms. The predicted octanol–water partition coefficient (Wildman–Crippen LogP) is 2.89. The summed E-state index contributed by atoms with van der Waals surface area (Å²) in [7, 11) is 1.91. The summed E-state index contributed by atoms with van der Waals surface area (Å²) >= 11 is 0. The van der Waals surface area contributed by atoms with Crippen LogP contribution >= 0.6 is 0 Å². The Labute approximate surface area is 120 Å². The normalized spacial score (nSPS) is 11.6. The predicted molar refractivity (Wildman–Crippen MR) is 80.6 cm³/mol. The lowest BCUT2D eigenvalue weighted by Gasteiger charge is -2.21. The van der Waals surface area contributed by atoms with Gasteiger partial charge in [0.2, 0.25) is 0 Å². The van der Waals surface area contributed by atoms with E-state index < -0.39 is 0 Å². The highest BCUT2D eigenvalue weighted by atomic mass is 16.5. The molecular formula is C16H23N3O. The molecule has 0 aliphatic heterocycles. The van der Waals surface area contributed by atoms with Crippen LogP contribution in [0.1, 0.15) is 31.9 Å². The van der Waals surface area contributed by atoms with Crippen molar-refractivity contribution in [2.75, 3.05) is 0 Å². The first-order valence-corrected chi connectivity index (χ1v) is 6.87. The molecule has 1 aromatic heterocycles. The van der Waals surface area contributed by atoms with Crippen molar-refractivity contribution in [2.45, 2.75) is 39.5 Å². The zero-order chi connectivity index (χ0) is 14.6. The van der Waals surface area contributed by atoms with Crippen LogP contribution < -0.4 is 10.1 Å². The van der Waals surface area contributed by atoms with Crippen LogP contribution in [0.15, 0.2) is 36.7 Å². The maximum absolute atomic E-state index is 5.91. The van der Waals surface area contributed by atoms with Crippen LogP contribution in [0.25, 0.3) is 0 Å². The van der Waals surface area contributed by atoms with E-state index in [1.165, 1.54) is 5.56 Å². The van der Waals surface area contributed by atoms with E-state index in [4.69, 9.17) is 4.74 Å². The van der Waals surface area contributed by atoms with Crippen LogP contribution in [0.3, 0.4) is 0 Å². The van der Waals surface area contributed by atoms with E-state index in [0.717, 1.165) is 17.9 Å². The topological polar surface area (TPSA) is 39.1 Å². The van der Waals surface area contributed by atoms with Gasteiger partial charge in [0.1, 0.15) is 12.4 Å². The highest BCUT2D eigenvalue weighted by molar-refractivity contribution is 5.33. The van der Waals surface area contributed by atoms with E-state index in [9.17, 15) is 0 Å². The number of nitrogens with one attached hydrogen (secondary N) is 1. The summed E-state index contributed by atoms with van der Waals surface area (Å²) in [4.78, 5) is 0. The molecule has 1 aromatic carbocycles. The second-order valence-electron chi connectivity index (χ2n) is 6.02. The standard InChI is InChI=1S/C16H23N3O/c1-16(2,3)17-10-14-7-5-6-8-15(14)20-12-13-9-18-19(4)11-13/h5-9,11,17H,10,12H2,1-4H3. The zero-order valence-corrected chi connectivity index (χ0v) is 12.7. The number of hydrogen-bond acceptors (Lipinski definition) is 3. The molecule has 108 valence electrons. The van der Waals surface area contributed by atoms with E-state index in [-0.39, 0.29) is 5.54 Å². The number of rotatable bonds is 5. The van der Waals surface area contributed by atoms with Crippen LogP contribution in [0, 0.1) is 0 Å². The van der Waals surface area contributed by atoms with Crippen LogP contribution in [0.2, 0.25) is 0 Å². The molecule has 4 nitrogen and oxygen atoms in total. The van der Waals surface area contributed by atoms with Crippen LogP contribution in [-0.2, 0) is 20.2 Å². The molecule has 0 atom stereocenters. The highest BCUT2D eigenvalue weighted by Crippen LogP contribution is 2.20. The average Bonchev–Trinajstić information content (AvgIpc) is 2.80. The van der Waals surface area contributed by atoms with Gasteiger partial charge in [-0.25, -0.2) is 0 Å². The Balaban J connectivity index is 2.00. The summed E-state index contributed by atoms with van der Waals surface area (Å²) < 4.78 is 7.69. The first-order valence-electron chi connectivity index (χ1n) is 6.87. The molecule has 0 radical (unpaired) electrons. The first-order chi connectivity index (χ1) is 9.44. The minimum atomic E-state index is 0.0937. The Morgan fingerprint density at radius 1 is 1.25 bits per heavy atom. The zero-order valence-electron chi connectivity index (χ0n) is 12.7. The molecule has 20 heavy (non-hydrogen) atoms. The quantitative estimate of drug-likeness (QED) is 0.910. The Morgan fingerprint density at radius 2 is 2.00 bits per heavy atom. The van der Waals surface area contributed by atoms with Gasteiger partial charge in [0.15, 0.2) is 0 Å². The lowest BCUT2D eigenvalue weighted by molar-refractivity contribution is 0.300. The lowest BCUT2D eigenvalue weighted by atomic mass is 10.1. The summed E-state index contributed by atoms with van der Waals surface area (Å²) in [5.74, 6) is 0.924. The number of ether oxygens (including phenoxy) is 1. The number of aryl methyl sites for hydroxylation is 1. The van der Waals surface area contributed by atoms with Gasteiger partial charge in [-0.3, -0.25) is 4.68 Å². The minimum absolute atomic E-state index is 0.0937. The number of para-hydroxylation sites is 1. The fourth-order valence-electron chi connectivity index (χ4n) is 1.86. The Hall–Kier alpha value is -1.81. The van der Waals surface area contributed by atoms with E-state index in [1.54, 1.807) is 4.68 Å². The van der Waals surface area contributed by atoms with E-state index >= 15 is 0 Å². The Kier molecular flexibility index (Phi) is 4.45. The minimum Gasteiger partial charge on any atom is -0.488 e. The Morgan fingerprint density at radius 3 is 2.65 bits per heavy atom. The molecule has 1 N–H and O–H groups in total. The van der Waals surface area contributed by atoms with E-state index in [0.29, 0.717) is 6.61 Å². The summed E-state index contributed by atoms with van der Waals surface area (Å²) in [5.41, 5.74) is 2.34. The van der Waals surface area contributed by atoms with Crippen LogP contribution in [-0.4, -0.2) is 15.3 Å². The van der Waals surface area contributed by atoms with Crippen molar-refractivity contribution >= 4 is 0 Å². The third kappa shape index (κ3) is 4.38. The second-order valence-corrected chi connectivity index (χ2v) is 6.02. The monoisotopic (exact) mass is 273 g/mol. The van der Waals surface area contributed by atoms with Crippen LogP contribution in [0.5, 0.6) is 5.75 Å². The van der Waals surface area contributed by atoms with Gasteiger partial charge in [-0.2, -0.15) is 5.10 Å². The maximum atomic E-state index is 5.91. The molecule has 0 aliphatic carbocycles. The van der Waals surface area contributed by atoms with Crippen molar-refractivity contribution in [3.05, 3.63) is 47.8 Å². The van der Waals surface area contributed by atoms with Gasteiger partial charge in [-0.05, 0) is 26.8 Å². The molecule has 0 fully saturated rings. The molecule has 0 unspecified atom stereocenters. The van der Waals surface area contributed by atoms with Crippen molar-refractivity contribution in [1.29, 1.82) is 0 Å². The molecule has 0 aliphatic rings. The van der Waals surface area contributed by atoms with Gasteiger partial charge in [0.25, 0.3) is 0 Å². The number of hydrogen-bond donors (Lipinski definition) is 1. The number of nitrogens with zero attached hydrogens (tertiary/aromatic N) is 2. The van der Waals surface area contributed by atoms with Crippen molar-refractivity contribution < 1.29 is 4.74 Å². The molecule has 0 saturated carbocycles. The summed E-state index contributed by atoms with van der Waals surface area (Å²) in [6.07, 6.45) is 3.80. The van der Waals surface area contributed by atoms with Crippen molar-refractivity contribution in [1.82, 2.24) is 15.1 Å². The summed E-state index contributed by atoms with van der Waals surface area (Å²) in [5, 5.41) is 7.63. The van der Waals surface area contributed by atoms with Crippen molar-refractivity contribution in [3.63, 3.8) is 0 Å². The summed E-state index contributed by atoms with van der Waals surface area (Å²) in [6, 6.07) is 8.14. The molecule has 2 rings (SSSR count). The molecular weight excluding hydrogens is 250 g/mol. The van der Waals surface area contributed by atoms with Crippen molar-refractivity contribution in [2.24, 2.45) is 7.05 Å². The second kappa shape index (κ2) is 6.09. The largest absolute Gasteiger partial charge is 0.488 e. The third-order valence-corrected chi connectivity index (χ3v) is 2.93.